The van der Waals surface area contributed by atoms with Gasteiger partial charge in [-0.2, -0.15) is 0 Å². The Hall–Kier alpha value is -0.680. The fraction of sp³-hybridized carbons (Fsp3) is 0.500. The lowest BCUT2D eigenvalue weighted by Crippen LogP contribution is -2.28. The zero-order valence-electron chi connectivity index (χ0n) is 9.86. The Bertz CT molecular complexity index is 374. The average molecular weight is 262 g/mol. The number of rotatable bonds is 5. The van der Waals surface area contributed by atoms with Crippen LogP contribution in [-0.4, -0.2) is 23.9 Å². The van der Waals surface area contributed by atoms with Crippen LogP contribution in [0.2, 0.25) is 5.02 Å². The van der Waals surface area contributed by atoms with E-state index in [-0.39, 0.29) is 17.7 Å². The summed E-state index contributed by atoms with van der Waals surface area (Å²) in [6, 6.07) is 4.07. The molecule has 5 heteroatoms. The summed E-state index contributed by atoms with van der Waals surface area (Å²) in [4.78, 5) is 0. The van der Waals surface area contributed by atoms with E-state index >= 15 is 0 Å². The number of hydrogen-bond acceptors (Lipinski definition) is 3. The molecule has 0 bridgehead atoms. The van der Waals surface area contributed by atoms with Crippen molar-refractivity contribution >= 4 is 11.6 Å². The zero-order chi connectivity index (χ0) is 13.0. The van der Waals surface area contributed by atoms with Gasteiger partial charge in [0.1, 0.15) is 5.82 Å². The molecule has 0 aliphatic carbocycles. The standard InChI is InChI=1S/C12H17ClFNO2/c1-7(16)8(2)17-12(6-15)10-4-3-9(14)5-11(10)13/h3-5,7-8,12,16H,6,15H2,1-2H3. The molecular formula is C12H17ClFNO2. The summed E-state index contributed by atoms with van der Waals surface area (Å²) >= 11 is 5.93. The Kier molecular flexibility index (Phi) is 5.33. The number of benzene rings is 1. The largest absolute Gasteiger partial charge is 0.391 e. The molecular weight excluding hydrogens is 245 g/mol. The molecule has 0 spiro atoms. The van der Waals surface area contributed by atoms with E-state index in [4.69, 9.17) is 22.1 Å². The number of nitrogens with two attached hydrogens (primary N) is 1. The van der Waals surface area contributed by atoms with Gasteiger partial charge in [0.25, 0.3) is 0 Å². The van der Waals surface area contributed by atoms with Gasteiger partial charge in [-0.25, -0.2) is 4.39 Å². The van der Waals surface area contributed by atoms with Gasteiger partial charge in [-0.15, -0.1) is 0 Å². The first kappa shape index (κ1) is 14.4. The first-order valence-electron chi connectivity index (χ1n) is 5.44. The Labute approximate surface area is 105 Å². The zero-order valence-corrected chi connectivity index (χ0v) is 10.6. The molecule has 96 valence electrons. The van der Waals surface area contributed by atoms with Crippen LogP contribution in [0.3, 0.4) is 0 Å². The van der Waals surface area contributed by atoms with Gasteiger partial charge in [-0.05, 0) is 26.0 Å². The highest BCUT2D eigenvalue weighted by Crippen LogP contribution is 2.27. The maximum atomic E-state index is 12.9. The van der Waals surface area contributed by atoms with Gasteiger partial charge in [0, 0.05) is 17.1 Å². The van der Waals surface area contributed by atoms with E-state index in [9.17, 15) is 9.50 Å². The van der Waals surface area contributed by atoms with Gasteiger partial charge in [-0.3, -0.25) is 0 Å². The molecule has 3 N–H and O–H groups in total. The van der Waals surface area contributed by atoms with E-state index in [0.29, 0.717) is 5.56 Å². The second kappa shape index (κ2) is 6.31. The monoisotopic (exact) mass is 261 g/mol. The number of aliphatic hydroxyl groups is 1. The SMILES string of the molecule is CC(O)C(C)OC(CN)c1ccc(F)cc1Cl. The lowest BCUT2D eigenvalue weighted by Gasteiger charge is -2.24. The summed E-state index contributed by atoms with van der Waals surface area (Å²) in [6.07, 6.45) is -1.43. The molecule has 1 aromatic rings. The average Bonchev–Trinajstić information content (AvgIpc) is 2.26. The van der Waals surface area contributed by atoms with Gasteiger partial charge in [-0.1, -0.05) is 17.7 Å². The molecule has 0 aliphatic rings. The first-order valence-corrected chi connectivity index (χ1v) is 5.82. The van der Waals surface area contributed by atoms with Crippen molar-refractivity contribution in [2.45, 2.75) is 32.2 Å². The fourth-order valence-corrected chi connectivity index (χ4v) is 1.68. The van der Waals surface area contributed by atoms with E-state index in [1.807, 2.05) is 0 Å². The second-order valence-corrected chi connectivity index (χ2v) is 4.38. The second-order valence-electron chi connectivity index (χ2n) is 3.97. The summed E-state index contributed by atoms with van der Waals surface area (Å²) in [5.41, 5.74) is 6.23. The van der Waals surface area contributed by atoms with Crippen molar-refractivity contribution in [1.82, 2.24) is 0 Å². The number of halogens is 2. The van der Waals surface area contributed by atoms with Gasteiger partial charge in [0.05, 0.1) is 18.3 Å². The Morgan fingerprint density at radius 1 is 1.47 bits per heavy atom. The van der Waals surface area contributed by atoms with Crippen LogP contribution in [-0.2, 0) is 4.74 Å². The van der Waals surface area contributed by atoms with Crippen molar-refractivity contribution in [3.05, 3.63) is 34.6 Å². The van der Waals surface area contributed by atoms with E-state index in [2.05, 4.69) is 0 Å². The molecule has 1 rings (SSSR count). The highest BCUT2D eigenvalue weighted by molar-refractivity contribution is 6.31. The molecule has 0 fully saturated rings. The lowest BCUT2D eigenvalue weighted by molar-refractivity contribution is -0.0591. The topological polar surface area (TPSA) is 55.5 Å². The third kappa shape index (κ3) is 3.92. The predicted molar refractivity (Wildman–Crippen MR) is 65.4 cm³/mol. The normalized spacial score (nSPS) is 16.6. The molecule has 3 nitrogen and oxygen atoms in total. The van der Waals surface area contributed by atoms with Crippen molar-refractivity contribution in [3.63, 3.8) is 0 Å². The van der Waals surface area contributed by atoms with Crippen molar-refractivity contribution in [2.24, 2.45) is 5.73 Å². The smallest absolute Gasteiger partial charge is 0.124 e. The first-order chi connectivity index (χ1) is 7.95. The molecule has 1 aromatic carbocycles. The number of aliphatic hydroxyl groups excluding tert-OH is 1. The molecule has 3 atom stereocenters. The summed E-state index contributed by atoms with van der Waals surface area (Å²) in [5, 5.41) is 9.64. The molecule has 0 amide bonds. The van der Waals surface area contributed by atoms with Gasteiger partial charge < -0.3 is 15.6 Å². The summed E-state index contributed by atoms with van der Waals surface area (Å²) < 4.78 is 18.5. The minimum absolute atomic E-state index is 0.211. The summed E-state index contributed by atoms with van der Waals surface area (Å²) in [7, 11) is 0. The fourth-order valence-electron chi connectivity index (χ4n) is 1.39. The van der Waals surface area contributed by atoms with E-state index in [1.165, 1.54) is 12.1 Å². The molecule has 0 aliphatic heterocycles. The molecule has 3 unspecified atom stereocenters. The predicted octanol–water partition coefficient (Wildman–Crippen LogP) is 2.26. The Balaban J connectivity index is 2.86. The van der Waals surface area contributed by atoms with Crippen LogP contribution in [0.4, 0.5) is 4.39 Å². The van der Waals surface area contributed by atoms with E-state index in [1.54, 1.807) is 19.9 Å². The van der Waals surface area contributed by atoms with E-state index in [0.717, 1.165) is 0 Å². The van der Waals surface area contributed by atoms with Crippen molar-refractivity contribution < 1.29 is 14.2 Å². The van der Waals surface area contributed by atoms with Crippen LogP contribution >= 0.6 is 11.6 Å². The van der Waals surface area contributed by atoms with Gasteiger partial charge in [0.2, 0.25) is 0 Å². The number of hydrogen-bond donors (Lipinski definition) is 2. The van der Waals surface area contributed by atoms with Crippen molar-refractivity contribution in [3.8, 4) is 0 Å². The highest BCUT2D eigenvalue weighted by atomic mass is 35.5. The Morgan fingerprint density at radius 3 is 2.59 bits per heavy atom. The highest BCUT2D eigenvalue weighted by Gasteiger charge is 2.19. The van der Waals surface area contributed by atoms with Crippen LogP contribution in [0.1, 0.15) is 25.5 Å². The van der Waals surface area contributed by atoms with Crippen LogP contribution in [0.25, 0.3) is 0 Å². The third-order valence-corrected chi connectivity index (χ3v) is 2.91. The molecule has 0 radical (unpaired) electrons. The van der Waals surface area contributed by atoms with Crippen LogP contribution in [0.15, 0.2) is 18.2 Å². The van der Waals surface area contributed by atoms with Gasteiger partial charge >= 0.3 is 0 Å². The summed E-state index contributed by atoms with van der Waals surface area (Å²) in [5.74, 6) is -0.405. The van der Waals surface area contributed by atoms with Gasteiger partial charge in [0.15, 0.2) is 0 Å². The van der Waals surface area contributed by atoms with Crippen LogP contribution in [0, 0.1) is 5.82 Å². The molecule has 0 heterocycles. The van der Waals surface area contributed by atoms with Crippen LogP contribution < -0.4 is 5.73 Å². The molecule has 17 heavy (non-hydrogen) atoms. The quantitative estimate of drug-likeness (QED) is 0.855. The third-order valence-electron chi connectivity index (χ3n) is 2.58. The maximum absolute atomic E-state index is 12.9. The molecule has 0 saturated heterocycles. The minimum Gasteiger partial charge on any atom is -0.391 e. The molecule has 0 aromatic heterocycles. The molecule has 0 saturated carbocycles. The maximum Gasteiger partial charge on any atom is 0.124 e. The van der Waals surface area contributed by atoms with Crippen molar-refractivity contribution in [1.29, 1.82) is 0 Å². The van der Waals surface area contributed by atoms with E-state index < -0.39 is 18.0 Å². The summed E-state index contributed by atoms with van der Waals surface area (Å²) in [6.45, 7) is 3.58. The van der Waals surface area contributed by atoms with Crippen molar-refractivity contribution in [2.75, 3.05) is 6.54 Å². The minimum atomic E-state index is -0.608. The number of ether oxygens (including phenoxy) is 1. The van der Waals surface area contributed by atoms with Crippen LogP contribution in [0.5, 0.6) is 0 Å². The lowest BCUT2D eigenvalue weighted by atomic mass is 10.1. The Morgan fingerprint density at radius 2 is 2.12 bits per heavy atom.